The summed E-state index contributed by atoms with van der Waals surface area (Å²) >= 11 is 2.00. The first-order chi connectivity index (χ1) is 7.34. The van der Waals surface area contributed by atoms with Crippen LogP contribution in [0, 0.1) is 0 Å². The second kappa shape index (κ2) is 3.76. The summed E-state index contributed by atoms with van der Waals surface area (Å²) < 4.78 is 0. The van der Waals surface area contributed by atoms with Crippen molar-refractivity contribution < 1.29 is 0 Å². The zero-order valence-corrected chi connectivity index (χ0v) is 9.46. The summed E-state index contributed by atoms with van der Waals surface area (Å²) in [7, 11) is 0. The van der Waals surface area contributed by atoms with Gasteiger partial charge in [-0.3, -0.25) is 0 Å². The Morgan fingerprint density at radius 1 is 1.40 bits per heavy atom. The molecule has 2 heterocycles. The predicted molar refractivity (Wildman–Crippen MR) is 62.0 cm³/mol. The van der Waals surface area contributed by atoms with Crippen LogP contribution in [-0.4, -0.2) is 21.5 Å². The maximum atomic E-state index is 6.02. The number of aromatic nitrogens is 2. The Morgan fingerprint density at radius 3 is 3.13 bits per heavy atom. The van der Waals surface area contributed by atoms with E-state index in [1.807, 2.05) is 18.0 Å². The summed E-state index contributed by atoms with van der Waals surface area (Å²) in [6.45, 7) is 0. The van der Waals surface area contributed by atoms with Gasteiger partial charge in [-0.05, 0) is 30.6 Å². The number of rotatable bonds is 1. The zero-order chi connectivity index (χ0) is 10.3. The molecule has 2 N–H and O–H groups in total. The van der Waals surface area contributed by atoms with Crippen molar-refractivity contribution in [3.05, 3.63) is 23.3 Å². The molecule has 1 aliphatic heterocycles. The molecule has 1 aliphatic carbocycles. The molecule has 1 aromatic heterocycles. The van der Waals surface area contributed by atoms with E-state index in [-0.39, 0.29) is 6.04 Å². The molecule has 1 saturated heterocycles. The van der Waals surface area contributed by atoms with E-state index in [4.69, 9.17) is 5.73 Å². The minimum Gasteiger partial charge on any atom is -0.323 e. The minimum atomic E-state index is 0.149. The van der Waals surface area contributed by atoms with E-state index in [1.165, 1.54) is 23.5 Å². The molecule has 2 atom stereocenters. The predicted octanol–water partition coefficient (Wildman–Crippen LogP) is 1.64. The van der Waals surface area contributed by atoms with Crippen LogP contribution in [0.4, 0.5) is 0 Å². The van der Waals surface area contributed by atoms with Crippen molar-refractivity contribution in [2.24, 2.45) is 5.73 Å². The van der Waals surface area contributed by atoms with E-state index >= 15 is 0 Å². The minimum absolute atomic E-state index is 0.149. The van der Waals surface area contributed by atoms with Crippen LogP contribution in [0.3, 0.4) is 0 Å². The molecule has 2 aliphatic rings. The summed E-state index contributed by atoms with van der Waals surface area (Å²) in [6.07, 6.45) is 5.30. The van der Waals surface area contributed by atoms with Crippen LogP contribution in [0.5, 0.6) is 0 Å². The van der Waals surface area contributed by atoms with Crippen molar-refractivity contribution in [3.63, 3.8) is 0 Å². The summed E-state index contributed by atoms with van der Waals surface area (Å²) in [5, 5.41) is 0. The van der Waals surface area contributed by atoms with Gasteiger partial charge in [0.05, 0.1) is 5.69 Å². The molecule has 1 fully saturated rings. The Bertz CT molecular complexity index is 374. The molecule has 80 valence electrons. The second-order valence-electron chi connectivity index (χ2n) is 4.34. The van der Waals surface area contributed by atoms with Crippen molar-refractivity contribution in [1.82, 2.24) is 9.97 Å². The SMILES string of the molecule is NC1CCc2cnc(C3CCSC3)nc21. The van der Waals surface area contributed by atoms with E-state index in [1.54, 1.807) is 0 Å². The number of aryl methyl sites for hydroxylation is 1. The number of nitrogens with two attached hydrogens (primary N) is 1. The smallest absolute Gasteiger partial charge is 0.132 e. The molecule has 2 unspecified atom stereocenters. The maximum Gasteiger partial charge on any atom is 0.132 e. The third-order valence-corrected chi connectivity index (χ3v) is 4.45. The van der Waals surface area contributed by atoms with Crippen LogP contribution in [0.1, 0.15) is 41.9 Å². The van der Waals surface area contributed by atoms with Crippen LogP contribution in [0.2, 0.25) is 0 Å². The number of thioether (sulfide) groups is 1. The Kier molecular flexibility index (Phi) is 2.41. The highest BCUT2D eigenvalue weighted by Gasteiger charge is 2.25. The molecule has 0 amide bonds. The van der Waals surface area contributed by atoms with Gasteiger partial charge in [-0.2, -0.15) is 11.8 Å². The topological polar surface area (TPSA) is 51.8 Å². The largest absolute Gasteiger partial charge is 0.323 e. The molecular formula is C11H15N3S. The maximum absolute atomic E-state index is 6.02. The van der Waals surface area contributed by atoms with Crippen LogP contribution in [0.25, 0.3) is 0 Å². The average Bonchev–Trinajstić information content (AvgIpc) is 2.88. The Hall–Kier alpha value is -0.610. The molecule has 0 spiro atoms. The first-order valence-corrected chi connectivity index (χ1v) is 6.69. The molecule has 1 aromatic rings. The molecule has 3 nitrogen and oxygen atoms in total. The fourth-order valence-electron chi connectivity index (χ4n) is 2.33. The Morgan fingerprint density at radius 2 is 2.33 bits per heavy atom. The first kappa shape index (κ1) is 9.60. The Labute approximate surface area is 93.9 Å². The standard InChI is InChI=1S/C11H15N3S/c12-9-2-1-7-5-13-11(14-10(7)9)8-3-4-15-6-8/h5,8-9H,1-4,6,12H2. The van der Waals surface area contributed by atoms with Gasteiger partial charge in [0.2, 0.25) is 0 Å². The molecule has 0 saturated carbocycles. The van der Waals surface area contributed by atoms with Crippen molar-refractivity contribution >= 4 is 11.8 Å². The van der Waals surface area contributed by atoms with E-state index in [9.17, 15) is 0 Å². The van der Waals surface area contributed by atoms with Crippen molar-refractivity contribution in [2.75, 3.05) is 11.5 Å². The van der Waals surface area contributed by atoms with Crippen LogP contribution >= 0.6 is 11.8 Å². The van der Waals surface area contributed by atoms with Gasteiger partial charge in [0.1, 0.15) is 5.82 Å². The Balaban J connectivity index is 1.94. The number of hydrogen-bond acceptors (Lipinski definition) is 4. The summed E-state index contributed by atoms with van der Waals surface area (Å²) in [6, 6.07) is 0.149. The highest BCUT2D eigenvalue weighted by atomic mass is 32.2. The number of nitrogens with zero attached hydrogens (tertiary/aromatic N) is 2. The van der Waals surface area contributed by atoms with Crippen molar-refractivity contribution in [1.29, 1.82) is 0 Å². The first-order valence-electron chi connectivity index (χ1n) is 5.53. The lowest BCUT2D eigenvalue weighted by atomic mass is 10.1. The fraction of sp³-hybridized carbons (Fsp3) is 0.636. The summed E-state index contributed by atoms with van der Waals surface area (Å²) in [5.41, 5.74) is 8.39. The quantitative estimate of drug-likeness (QED) is 0.783. The van der Waals surface area contributed by atoms with E-state index in [0.717, 1.165) is 24.4 Å². The van der Waals surface area contributed by atoms with Gasteiger partial charge in [0.25, 0.3) is 0 Å². The van der Waals surface area contributed by atoms with Gasteiger partial charge in [0, 0.05) is 23.9 Å². The monoisotopic (exact) mass is 221 g/mol. The third-order valence-electron chi connectivity index (χ3n) is 3.29. The lowest BCUT2D eigenvalue weighted by Crippen LogP contribution is -2.11. The van der Waals surface area contributed by atoms with E-state index in [2.05, 4.69) is 9.97 Å². The van der Waals surface area contributed by atoms with Gasteiger partial charge in [-0.15, -0.1) is 0 Å². The van der Waals surface area contributed by atoms with Gasteiger partial charge in [-0.25, -0.2) is 9.97 Å². The molecule has 3 rings (SSSR count). The molecule has 4 heteroatoms. The molecule has 0 bridgehead atoms. The normalized spacial score (nSPS) is 29.4. The average molecular weight is 221 g/mol. The molecular weight excluding hydrogens is 206 g/mol. The lowest BCUT2D eigenvalue weighted by Gasteiger charge is -2.09. The molecule has 0 aromatic carbocycles. The lowest BCUT2D eigenvalue weighted by molar-refractivity contribution is 0.669. The highest BCUT2D eigenvalue weighted by Crippen LogP contribution is 2.33. The van der Waals surface area contributed by atoms with E-state index in [0.29, 0.717) is 5.92 Å². The number of fused-ring (bicyclic) bond motifs is 1. The van der Waals surface area contributed by atoms with Crippen LogP contribution in [0.15, 0.2) is 6.20 Å². The van der Waals surface area contributed by atoms with Crippen molar-refractivity contribution in [2.45, 2.75) is 31.2 Å². The van der Waals surface area contributed by atoms with Crippen LogP contribution < -0.4 is 5.73 Å². The fourth-order valence-corrected chi connectivity index (χ4v) is 3.55. The third kappa shape index (κ3) is 1.66. The number of hydrogen-bond donors (Lipinski definition) is 1. The van der Waals surface area contributed by atoms with Gasteiger partial charge >= 0.3 is 0 Å². The second-order valence-corrected chi connectivity index (χ2v) is 5.49. The molecule has 15 heavy (non-hydrogen) atoms. The highest BCUT2D eigenvalue weighted by molar-refractivity contribution is 7.99. The van der Waals surface area contributed by atoms with E-state index < -0.39 is 0 Å². The molecule has 0 radical (unpaired) electrons. The van der Waals surface area contributed by atoms with Gasteiger partial charge in [-0.1, -0.05) is 0 Å². The summed E-state index contributed by atoms with van der Waals surface area (Å²) in [5.74, 6) is 4.01. The summed E-state index contributed by atoms with van der Waals surface area (Å²) in [4.78, 5) is 9.15. The van der Waals surface area contributed by atoms with Gasteiger partial charge < -0.3 is 5.73 Å². The van der Waals surface area contributed by atoms with Gasteiger partial charge in [0.15, 0.2) is 0 Å². The zero-order valence-electron chi connectivity index (χ0n) is 8.65. The van der Waals surface area contributed by atoms with Crippen molar-refractivity contribution in [3.8, 4) is 0 Å². The van der Waals surface area contributed by atoms with Crippen LogP contribution in [-0.2, 0) is 6.42 Å².